The molecule has 2 aromatic carbocycles. The second kappa shape index (κ2) is 7.04. The third-order valence-electron chi connectivity index (χ3n) is 3.58. The second-order valence-electron chi connectivity index (χ2n) is 5.45. The summed E-state index contributed by atoms with van der Waals surface area (Å²) in [6.45, 7) is 1.41. The Morgan fingerprint density at radius 3 is 2.72 bits per heavy atom. The molecule has 25 heavy (non-hydrogen) atoms. The fraction of sp³-hybridized carbons (Fsp3) is 0.167. The number of carbonyl (C=O) groups is 2. The summed E-state index contributed by atoms with van der Waals surface area (Å²) in [5, 5.41) is 10.2. The van der Waals surface area contributed by atoms with Gasteiger partial charge >= 0.3 is 0 Å². The molecule has 1 aromatic heterocycles. The minimum atomic E-state index is -0.228. The molecular formula is C18H17N3O4. The number of aromatic nitrogens is 1. The molecule has 0 bridgehead atoms. The molecule has 0 spiro atoms. The third kappa shape index (κ3) is 3.77. The van der Waals surface area contributed by atoms with Crippen LogP contribution >= 0.6 is 0 Å². The summed E-state index contributed by atoms with van der Waals surface area (Å²) in [6, 6.07) is 12.4. The van der Waals surface area contributed by atoms with Crippen LogP contribution in [0.5, 0.6) is 5.75 Å². The number of nitrogens with one attached hydrogen (secondary N) is 2. The van der Waals surface area contributed by atoms with Crippen molar-refractivity contribution in [3.8, 4) is 5.75 Å². The SMILES string of the molecule is COc1cc(NC(=O)Cc2noc3ccccc23)ccc1NC(C)=O. The number of hydrogen-bond acceptors (Lipinski definition) is 5. The highest BCUT2D eigenvalue weighted by Crippen LogP contribution is 2.28. The Morgan fingerprint density at radius 1 is 1.16 bits per heavy atom. The van der Waals surface area contributed by atoms with E-state index >= 15 is 0 Å². The molecule has 3 aromatic rings. The van der Waals surface area contributed by atoms with Gasteiger partial charge in [0, 0.05) is 24.1 Å². The van der Waals surface area contributed by atoms with Gasteiger partial charge in [0.15, 0.2) is 5.58 Å². The molecule has 0 atom stereocenters. The summed E-state index contributed by atoms with van der Waals surface area (Å²) >= 11 is 0. The Balaban J connectivity index is 1.73. The van der Waals surface area contributed by atoms with Crippen molar-refractivity contribution in [2.75, 3.05) is 17.7 Å². The van der Waals surface area contributed by atoms with Crippen molar-refractivity contribution in [2.24, 2.45) is 0 Å². The number of para-hydroxylation sites is 1. The van der Waals surface area contributed by atoms with Crippen LogP contribution in [0.3, 0.4) is 0 Å². The molecular weight excluding hydrogens is 322 g/mol. The van der Waals surface area contributed by atoms with Crippen LogP contribution in [0.25, 0.3) is 11.0 Å². The maximum Gasteiger partial charge on any atom is 0.230 e. The van der Waals surface area contributed by atoms with Crippen LogP contribution in [0.15, 0.2) is 47.0 Å². The predicted molar refractivity (Wildman–Crippen MR) is 93.6 cm³/mol. The molecule has 0 aliphatic carbocycles. The topological polar surface area (TPSA) is 93.5 Å². The number of anilines is 2. The van der Waals surface area contributed by atoms with Crippen LogP contribution in [0.4, 0.5) is 11.4 Å². The highest BCUT2D eigenvalue weighted by Gasteiger charge is 2.13. The van der Waals surface area contributed by atoms with Crippen LogP contribution in [0, 0.1) is 0 Å². The Labute approximate surface area is 143 Å². The van der Waals surface area contributed by atoms with Gasteiger partial charge in [-0.3, -0.25) is 9.59 Å². The van der Waals surface area contributed by atoms with E-state index in [4.69, 9.17) is 9.26 Å². The first kappa shape index (κ1) is 16.5. The van der Waals surface area contributed by atoms with Gasteiger partial charge in [-0.2, -0.15) is 0 Å². The van der Waals surface area contributed by atoms with Gasteiger partial charge in [0.2, 0.25) is 11.8 Å². The lowest BCUT2D eigenvalue weighted by Crippen LogP contribution is -2.15. The summed E-state index contributed by atoms with van der Waals surface area (Å²) in [6.07, 6.45) is 0.0901. The van der Waals surface area contributed by atoms with E-state index in [0.29, 0.717) is 28.4 Å². The van der Waals surface area contributed by atoms with E-state index in [9.17, 15) is 9.59 Å². The van der Waals surface area contributed by atoms with Crippen molar-refractivity contribution >= 4 is 34.2 Å². The molecule has 0 fully saturated rings. The number of benzene rings is 2. The predicted octanol–water partition coefficient (Wildman–Crippen LogP) is 2.98. The monoisotopic (exact) mass is 339 g/mol. The molecule has 0 saturated carbocycles. The Morgan fingerprint density at radius 2 is 1.96 bits per heavy atom. The van der Waals surface area contributed by atoms with E-state index in [1.807, 2.05) is 18.2 Å². The van der Waals surface area contributed by atoms with Crippen molar-refractivity contribution < 1.29 is 18.8 Å². The molecule has 2 N–H and O–H groups in total. The number of carbonyl (C=O) groups excluding carboxylic acids is 2. The summed E-state index contributed by atoms with van der Waals surface area (Å²) in [5.41, 5.74) is 2.32. The number of fused-ring (bicyclic) bond motifs is 1. The quantitative estimate of drug-likeness (QED) is 0.745. The molecule has 2 amide bonds. The van der Waals surface area contributed by atoms with Crippen LogP contribution in [-0.4, -0.2) is 24.1 Å². The zero-order chi connectivity index (χ0) is 17.8. The number of nitrogens with zero attached hydrogens (tertiary/aromatic N) is 1. The smallest absolute Gasteiger partial charge is 0.230 e. The van der Waals surface area contributed by atoms with Gasteiger partial charge in [-0.1, -0.05) is 17.3 Å². The molecule has 0 saturated heterocycles. The number of amides is 2. The Hall–Kier alpha value is -3.35. The Bertz CT molecular complexity index is 933. The number of methoxy groups -OCH3 is 1. The first-order valence-corrected chi connectivity index (χ1v) is 7.65. The van der Waals surface area contributed by atoms with Crippen LogP contribution in [0.1, 0.15) is 12.6 Å². The van der Waals surface area contributed by atoms with E-state index in [1.54, 1.807) is 24.3 Å². The van der Waals surface area contributed by atoms with Crippen LogP contribution in [-0.2, 0) is 16.0 Å². The molecule has 0 radical (unpaired) electrons. The van der Waals surface area contributed by atoms with Crippen molar-refractivity contribution in [1.29, 1.82) is 0 Å². The lowest BCUT2D eigenvalue weighted by Gasteiger charge is -2.11. The zero-order valence-corrected chi connectivity index (χ0v) is 13.8. The molecule has 0 aliphatic rings. The van der Waals surface area contributed by atoms with Crippen molar-refractivity contribution in [1.82, 2.24) is 5.16 Å². The zero-order valence-electron chi connectivity index (χ0n) is 13.8. The maximum absolute atomic E-state index is 12.3. The Kier molecular flexibility index (Phi) is 4.65. The fourth-order valence-electron chi connectivity index (χ4n) is 2.48. The highest BCUT2D eigenvalue weighted by molar-refractivity contribution is 5.96. The van der Waals surface area contributed by atoms with E-state index in [1.165, 1.54) is 14.0 Å². The normalized spacial score (nSPS) is 10.5. The van der Waals surface area contributed by atoms with E-state index < -0.39 is 0 Å². The molecule has 128 valence electrons. The summed E-state index contributed by atoms with van der Waals surface area (Å²) in [7, 11) is 1.49. The maximum atomic E-state index is 12.3. The summed E-state index contributed by atoms with van der Waals surface area (Å²) in [4.78, 5) is 23.5. The molecule has 1 heterocycles. The lowest BCUT2D eigenvalue weighted by molar-refractivity contribution is -0.116. The van der Waals surface area contributed by atoms with E-state index in [2.05, 4.69) is 15.8 Å². The van der Waals surface area contributed by atoms with Gasteiger partial charge < -0.3 is 19.9 Å². The average Bonchev–Trinajstić information content (AvgIpc) is 2.99. The van der Waals surface area contributed by atoms with Crippen molar-refractivity contribution in [3.63, 3.8) is 0 Å². The van der Waals surface area contributed by atoms with Gasteiger partial charge in [-0.15, -0.1) is 0 Å². The largest absolute Gasteiger partial charge is 0.494 e. The summed E-state index contributed by atoms with van der Waals surface area (Å²) < 4.78 is 10.4. The molecule has 0 unspecified atom stereocenters. The number of hydrogen-bond donors (Lipinski definition) is 2. The minimum Gasteiger partial charge on any atom is -0.494 e. The molecule has 7 nitrogen and oxygen atoms in total. The van der Waals surface area contributed by atoms with Gasteiger partial charge in [0.1, 0.15) is 11.4 Å². The molecule has 7 heteroatoms. The standard InChI is InChI=1S/C18H17N3O4/c1-11(22)19-14-8-7-12(9-17(14)24-2)20-18(23)10-15-13-5-3-4-6-16(13)25-21-15/h3-9H,10H2,1-2H3,(H,19,22)(H,20,23). The number of ether oxygens (including phenoxy) is 1. The molecule has 3 rings (SSSR count). The van der Waals surface area contributed by atoms with Crippen LogP contribution in [0.2, 0.25) is 0 Å². The highest BCUT2D eigenvalue weighted by atomic mass is 16.5. The average molecular weight is 339 g/mol. The van der Waals surface area contributed by atoms with Gasteiger partial charge in [-0.25, -0.2) is 0 Å². The first-order chi connectivity index (χ1) is 12.1. The third-order valence-corrected chi connectivity index (χ3v) is 3.58. The minimum absolute atomic E-state index is 0.0901. The van der Waals surface area contributed by atoms with Gasteiger partial charge in [0.05, 0.1) is 19.2 Å². The lowest BCUT2D eigenvalue weighted by atomic mass is 10.1. The van der Waals surface area contributed by atoms with Crippen molar-refractivity contribution in [3.05, 3.63) is 48.2 Å². The first-order valence-electron chi connectivity index (χ1n) is 7.65. The summed E-state index contributed by atoms with van der Waals surface area (Å²) in [5.74, 6) is 0.0289. The van der Waals surface area contributed by atoms with Crippen LogP contribution < -0.4 is 15.4 Å². The fourth-order valence-corrected chi connectivity index (χ4v) is 2.48. The second-order valence-corrected chi connectivity index (χ2v) is 5.45. The number of rotatable bonds is 5. The van der Waals surface area contributed by atoms with Gasteiger partial charge in [-0.05, 0) is 24.3 Å². The molecule has 0 aliphatic heterocycles. The van der Waals surface area contributed by atoms with Crippen molar-refractivity contribution in [2.45, 2.75) is 13.3 Å². The van der Waals surface area contributed by atoms with E-state index in [0.717, 1.165) is 5.39 Å². The van der Waals surface area contributed by atoms with E-state index in [-0.39, 0.29) is 18.2 Å². The van der Waals surface area contributed by atoms with Gasteiger partial charge in [0.25, 0.3) is 0 Å².